The third kappa shape index (κ3) is 40.3. The summed E-state index contributed by atoms with van der Waals surface area (Å²) in [6.45, 7) is 2.65. The minimum Gasteiger partial charge on any atom is -0.331 e. The smallest absolute Gasteiger partial charge is 0.251 e. The normalized spacial score (nSPS) is 6.64. The van der Waals surface area contributed by atoms with Crippen molar-refractivity contribution in [3.05, 3.63) is 36.4 Å². The molecule has 1 aromatic carbocycles. The number of rotatable bonds is 0. The highest BCUT2D eigenvalue weighted by Gasteiger charge is 1.81. The Balaban J connectivity index is -0.000000135. The molecule has 0 aliphatic heterocycles. The first kappa shape index (κ1) is 19.6. The van der Waals surface area contributed by atoms with Gasteiger partial charge in [0, 0.05) is 0 Å². The number of nitrogens with two attached hydrogens (primary N) is 1. The highest BCUT2D eigenvalue weighted by Crippen LogP contribution is 1.79. The Morgan fingerprint density at radius 3 is 1.00 bits per heavy atom. The van der Waals surface area contributed by atoms with Crippen LogP contribution in [0.1, 0.15) is 6.92 Å². The Kier molecular flexibility index (Phi) is 26.2. The summed E-state index contributed by atoms with van der Waals surface area (Å²) >= 11 is -0.139. The van der Waals surface area contributed by atoms with E-state index in [4.69, 9.17) is 5.73 Å². The zero-order valence-corrected chi connectivity index (χ0v) is 11.7. The quantitative estimate of drug-likeness (QED) is 0.680. The van der Waals surface area contributed by atoms with Crippen LogP contribution in [0.25, 0.3) is 0 Å². The van der Waals surface area contributed by atoms with E-state index >= 15 is 0 Å². The highest BCUT2D eigenvalue weighted by atomic mass is 35.5. The summed E-state index contributed by atoms with van der Waals surface area (Å²) in [6.07, 6.45) is 0. The molecule has 0 saturated heterocycles. The van der Waals surface area contributed by atoms with Gasteiger partial charge in [0.2, 0.25) is 0 Å². The SMILES string of the molecule is CCN.Cl.[CH3][Al]([CH3])[CH3].c1ccccc1. The number of benzene rings is 1. The van der Waals surface area contributed by atoms with Crippen LogP contribution in [0.2, 0.25) is 17.4 Å². The van der Waals surface area contributed by atoms with E-state index in [-0.39, 0.29) is 26.6 Å². The van der Waals surface area contributed by atoms with Crippen molar-refractivity contribution in [2.75, 3.05) is 6.54 Å². The van der Waals surface area contributed by atoms with Crippen LogP contribution >= 0.6 is 12.4 Å². The summed E-state index contributed by atoms with van der Waals surface area (Å²) in [5.74, 6) is 6.92. The molecular formula is C11H23AlClN. The topological polar surface area (TPSA) is 26.0 Å². The lowest BCUT2D eigenvalue weighted by molar-refractivity contribution is 1.14. The molecule has 1 nitrogen and oxygen atoms in total. The molecule has 0 bridgehead atoms. The van der Waals surface area contributed by atoms with Gasteiger partial charge in [-0.3, -0.25) is 0 Å². The molecule has 0 aromatic heterocycles. The third-order valence-corrected chi connectivity index (χ3v) is 0.667. The van der Waals surface area contributed by atoms with Crippen molar-refractivity contribution in [1.29, 1.82) is 0 Å². The Bertz CT molecular complexity index is 127. The average molecular weight is 232 g/mol. The lowest BCUT2D eigenvalue weighted by atomic mass is 10.4. The first-order valence-electron chi connectivity index (χ1n) is 4.85. The van der Waals surface area contributed by atoms with E-state index in [1.807, 2.05) is 43.3 Å². The van der Waals surface area contributed by atoms with Crippen molar-refractivity contribution in [2.45, 2.75) is 24.3 Å². The van der Waals surface area contributed by atoms with Gasteiger partial charge in [0.05, 0.1) is 0 Å². The molecule has 2 N–H and O–H groups in total. The number of hydrogen-bond donors (Lipinski definition) is 1. The van der Waals surface area contributed by atoms with Crippen LogP contribution in [-0.4, -0.2) is 20.7 Å². The average Bonchev–Trinajstić information content (AvgIpc) is 2.08. The molecule has 14 heavy (non-hydrogen) atoms. The van der Waals surface area contributed by atoms with Crippen LogP contribution in [0.15, 0.2) is 36.4 Å². The Labute approximate surface area is 99.5 Å². The van der Waals surface area contributed by atoms with E-state index in [1.54, 1.807) is 0 Å². The van der Waals surface area contributed by atoms with Crippen LogP contribution in [0.5, 0.6) is 0 Å². The summed E-state index contributed by atoms with van der Waals surface area (Å²) < 4.78 is 0. The fourth-order valence-electron chi connectivity index (χ4n) is 0.385. The van der Waals surface area contributed by atoms with Gasteiger partial charge < -0.3 is 5.73 Å². The highest BCUT2D eigenvalue weighted by molar-refractivity contribution is 6.54. The monoisotopic (exact) mass is 231 g/mol. The van der Waals surface area contributed by atoms with E-state index < -0.39 is 0 Å². The fourth-order valence-corrected chi connectivity index (χ4v) is 0.385. The van der Waals surface area contributed by atoms with Crippen molar-refractivity contribution >= 4 is 26.6 Å². The molecule has 3 heteroatoms. The fraction of sp³-hybridized carbons (Fsp3) is 0.455. The molecule has 0 fully saturated rings. The first-order valence-corrected chi connectivity index (χ1v) is 8.31. The Morgan fingerprint density at radius 1 is 0.857 bits per heavy atom. The van der Waals surface area contributed by atoms with E-state index in [0.717, 1.165) is 6.54 Å². The van der Waals surface area contributed by atoms with Crippen LogP contribution in [-0.2, 0) is 0 Å². The molecule has 0 aliphatic carbocycles. The van der Waals surface area contributed by atoms with Crippen molar-refractivity contribution in [3.8, 4) is 0 Å². The van der Waals surface area contributed by atoms with Gasteiger partial charge in [0.1, 0.15) is 0 Å². The second-order valence-corrected chi connectivity index (χ2v) is 6.76. The molecule has 0 unspecified atom stereocenters. The summed E-state index contributed by atoms with van der Waals surface area (Å²) in [4.78, 5) is 0. The largest absolute Gasteiger partial charge is 0.331 e. The standard InChI is InChI=1S/C6H6.C2H7N.3CH3.Al.ClH/c1-2-4-6-5-3-1;1-2-3;;;;;/h1-6H;2-3H2,1H3;3*1H3;;1H. The molecule has 0 spiro atoms. The number of halogens is 1. The number of hydrogen-bond acceptors (Lipinski definition) is 1. The van der Waals surface area contributed by atoms with Crippen molar-refractivity contribution < 1.29 is 0 Å². The minimum absolute atomic E-state index is 0. The lowest BCUT2D eigenvalue weighted by Gasteiger charge is -1.69. The Morgan fingerprint density at radius 2 is 0.929 bits per heavy atom. The second-order valence-electron chi connectivity index (χ2n) is 3.29. The molecule has 1 rings (SSSR count). The molecule has 0 saturated carbocycles. The lowest BCUT2D eigenvalue weighted by Crippen LogP contribution is -1.87. The van der Waals surface area contributed by atoms with Gasteiger partial charge in [0.25, 0.3) is 14.1 Å². The van der Waals surface area contributed by atoms with Gasteiger partial charge in [-0.25, -0.2) is 0 Å². The predicted octanol–water partition coefficient (Wildman–Crippen LogP) is 3.44. The van der Waals surface area contributed by atoms with Gasteiger partial charge in [-0.1, -0.05) is 43.3 Å². The van der Waals surface area contributed by atoms with Crippen LogP contribution in [0, 0.1) is 0 Å². The third-order valence-electron chi connectivity index (χ3n) is 0.667. The van der Waals surface area contributed by atoms with E-state index in [1.165, 1.54) is 0 Å². The first-order chi connectivity index (χ1) is 6.15. The Hall–Kier alpha value is 0.00247. The molecule has 0 atom stereocenters. The zero-order valence-electron chi connectivity index (χ0n) is 9.73. The van der Waals surface area contributed by atoms with Gasteiger partial charge in [0.15, 0.2) is 0 Å². The van der Waals surface area contributed by atoms with E-state index in [0.29, 0.717) is 0 Å². The van der Waals surface area contributed by atoms with Gasteiger partial charge in [-0.15, -0.1) is 29.8 Å². The summed E-state index contributed by atoms with van der Waals surface area (Å²) in [6, 6.07) is 12.0. The molecule has 82 valence electrons. The van der Waals surface area contributed by atoms with Gasteiger partial charge in [-0.05, 0) is 6.54 Å². The maximum absolute atomic E-state index is 4.85. The van der Waals surface area contributed by atoms with Gasteiger partial charge in [-0.2, -0.15) is 0 Å². The molecular weight excluding hydrogens is 209 g/mol. The van der Waals surface area contributed by atoms with Crippen LogP contribution in [0.4, 0.5) is 0 Å². The predicted molar refractivity (Wildman–Crippen MR) is 71.8 cm³/mol. The van der Waals surface area contributed by atoms with E-state index in [9.17, 15) is 0 Å². The summed E-state index contributed by atoms with van der Waals surface area (Å²) in [5, 5.41) is 0. The molecule has 0 amide bonds. The molecule has 0 radical (unpaired) electrons. The zero-order chi connectivity index (χ0) is 10.5. The maximum atomic E-state index is 4.85. The van der Waals surface area contributed by atoms with Crippen LogP contribution < -0.4 is 5.73 Å². The van der Waals surface area contributed by atoms with Crippen LogP contribution in [0.3, 0.4) is 0 Å². The molecule has 0 heterocycles. The maximum Gasteiger partial charge on any atom is 0.251 e. The van der Waals surface area contributed by atoms with Gasteiger partial charge >= 0.3 is 0 Å². The van der Waals surface area contributed by atoms with Crippen molar-refractivity contribution in [1.82, 2.24) is 0 Å². The van der Waals surface area contributed by atoms with E-state index in [2.05, 4.69) is 17.4 Å². The van der Waals surface area contributed by atoms with Crippen molar-refractivity contribution in [3.63, 3.8) is 0 Å². The van der Waals surface area contributed by atoms with Crippen molar-refractivity contribution in [2.24, 2.45) is 5.73 Å². The minimum atomic E-state index is -0.139. The molecule has 1 aromatic rings. The summed E-state index contributed by atoms with van der Waals surface area (Å²) in [5.41, 5.74) is 4.85. The second kappa shape index (κ2) is 18.7. The molecule has 0 aliphatic rings. The summed E-state index contributed by atoms with van der Waals surface area (Å²) in [7, 11) is 0.